The lowest BCUT2D eigenvalue weighted by atomic mass is 10.1. The third-order valence-corrected chi connectivity index (χ3v) is 3.42. The first-order valence-electron chi connectivity index (χ1n) is 5.83. The lowest BCUT2D eigenvalue weighted by molar-refractivity contribution is 0.0944. The van der Waals surface area contributed by atoms with E-state index in [1.54, 1.807) is 0 Å². The van der Waals surface area contributed by atoms with E-state index in [4.69, 9.17) is 11.6 Å². The Balaban J connectivity index is 1.93. The van der Waals surface area contributed by atoms with Gasteiger partial charge in [0.25, 0.3) is 5.91 Å². The standard InChI is InChI=1S/C12H14ClFN2O2/c13-11-10(4-8(14)6-15-11)12(18)16-5-7-1-2-9(17)3-7/h4,6-7,9,17H,1-3,5H2,(H,16,18). The maximum atomic E-state index is 13.0. The summed E-state index contributed by atoms with van der Waals surface area (Å²) in [6.45, 7) is 0.461. The van der Waals surface area contributed by atoms with Crippen LogP contribution < -0.4 is 5.32 Å². The summed E-state index contributed by atoms with van der Waals surface area (Å²) in [4.78, 5) is 15.4. The molecule has 18 heavy (non-hydrogen) atoms. The maximum absolute atomic E-state index is 13.0. The summed E-state index contributed by atoms with van der Waals surface area (Å²) in [7, 11) is 0. The average Bonchev–Trinajstić information content (AvgIpc) is 2.75. The van der Waals surface area contributed by atoms with Crippen LogP contribution in [0.25, 0.3) is 0 Å². The van der Waals surface area contributed by atoms with E-state index in [0.717, 1.165) is 25.1 Å². The molecule has 2 rings (SSSR count). The van der Waals surface area contributed by atoms with Crippen LogP contribution in [0.5, 0.6) is 0 Å². The average molecular weight is 273 g/mol. The van der Waals surface area contributed by atoms with Crippen LogP contribution >= 0.6 is 11.6 Å². The molecule has 1 aromatic heterocycles. The Morgan fingerprint density at radius 1 is 1.61 bits per heavy atom. The van der Waals surface area contributed by atoms with Crippen LogP contribution in [0.1, 0.15) is 29.6 Å². The number of hydrogen-bond acceptors (Lipinski definition) is 3. The van der Waals surface area contributed by atoms with Gasteiger partial charge in [-0.1, -0.05) is 11.6 Å². The highest BCUT2D eigenvalue weighted by atomic mass is 35.5. The van der Waals surface area contributed by atoms with Crippen LogP contribution in [0.4, 0.5) is 4.39 Å². The van der Waals surface area contributed by atoms with E-state index in [-0.39, 0.29) is 22.7 Å². The van der Waals surface area contributed by atoms with Gasteiger partial charge in [-0.3, -0.25) is 4.79 Å². The molecule has 98 valence electrons. The third-order valence-electron chi connectivity index (χ3n) is 3.12. The summed E-state index contributed by atoms with van der Waals surface area (Å²) >= 11 is 5.73. The van der Waals surface area contributed by atoms with Gasteiger partial charge in [-0.2, -0.15) is 0 Å². The van der Waals surface area contributed by atoms with Gasteiger partial charge in [0.15, 0.2) is 0 Å². The number of halogens is 2. The molecule has 1 aliphatic rings. The fourth-order valence-electron chi connectivity index (χ4n) is 2.15. The Morgan fingerprint density at radius 3 is 3.06 bits per heavy atom. The first-order valence-corrected chi connectivity index (χ1v) is 6.21. The van der Waals surface area contributed by atoms with Crippen molar-refractivity contribution < 1.29 is 14.3 Å². The van der Waals surface area contributed by atoms with Gasteiger partial charge in [0.05, 0.1) is 17.9 Å². The van der Waals surface area contributed by atoms with Crippen LogP contribution in [0, 0.1) is 11.7 Å². The Bertz CT molecular complexity index is 456. The number of aliphatic hydroxyl groups excluding tert-OH is 1. The largest absolute Gasteiger partial charge is 0.393 e. The van der Waals surface area contributed by atoms with Crippen molar-refractivity contribution in [3.05, 3.63) is 28.8 Å². The number of carbonyl (C=O) groups is 1. The molecule has 1 fully saturated rings. The van der Waals surface area contributed by atoms with Crippen LogP contribution in [0.3, 0.4) is 0 Å². The van der Waals surface area contributed by atoms with Crippen molar-refractivity contribution in [1.82, 2.24) is 10.3 Å². The van der Waals surface area contributed by atoms with E-state index >= 15 is 0 Å². The molecular weight excluding hydrogens is 259 g/mol. The predicted octanol–water partition coefficient (Wildman–Crippen LogP) is 1.76. The summed E-state index contributed by atoms with van der Waals surface area (Å²) in [6.07, 6.45) is 3.03. The normalized spacial score (nSPS) is 23.1. The molecule has 0 saturated heterocycles. The Kier molecular flexibility index (Phi) is 4.14. The first-order chi connectivity index (χ1) is 8.56. The molecule has 0 bridgehead atoms. The Hall–Kier alpha value is -1.20. The highest BCUT2D eigenvalue weighted by Gasteiger charge is 2.23. The number of pyridine rings is 1. The minimum Gasteiger partial charge on any atom is -0.393 e. The summed E-state index contributed by atoms with van der Waals surface area (Å²) < 4.78 is 13.0. The summed E-state index contributed by atoms with van der Waals surface area (Å²) in [6, 6.07) is 1.06. The van der Waals surface area contributed by atoms with Gasteiger partial charge >= 0.3 is 0 Å². The van der Waals surface area contributed by atoms with E-state index in [1.165, 1.54) is 0 Å². The third kappa shape index (κ3) is 3.17. The second kappa shape index (κ2) is 5.63. The minimum atomic E-state index is -0.596. The number of aliphatic hydroxyl groups is 1. The van der Waals surface area contributed by atoms with Gasteiger partial charge in [-0.25, -0.2) is 9.37 Å². The van der Waals surface area contributed by atoms with Gasteiger partial charge in [0.2, 0.25) is 0 Å². The van der Waals surface area contributed by atoms with Crippen molar-refractivity contribution in [3.8, 4) is 0 Å². The number of nitrogens with zero attached hydrogens (tertiary/aromatic N) is 1. The molecule has 0 radical (unpaired) electrons. The lowest BCUT2D eigenvalue weighted by Gasteiger charge is -2.11. The molecule has 1 heterocycles. The second-order valence-electron chi connectivity index (χ2n) is 4.53. The predicted molar refractivity (Wildman–Crippen MR) is 64.9 cm³/mol. The van der Waals surface area contributed by atoms with Crippen LogP contribution in [0.15, 0.2) is 12.3 Å². The molecule has 1 aromatic rings. The topological polar surface area (TPSA) is 62.2 Å². The van der Waals surface area contributed by atoms with Crippen molar-refractivity contribution in [1.29, 1.82) is 0 Å². The Labute approximate surface area is 109 Å². The molecule has 2 unspecified atom stereocenters. The molecule has 0 aromatic carbocycles. The molecule has 0 spiro atoms. The number of nitrogens with one attached hydrogen (secondary N) is 1. The van der Waals surface area contributed by atoms with E-state index in [2.05, 4.69) is 10.3 Å². The number of rotatable bonds is 3. The van der Waals surface area contributed by atoms with Crippen molar-refractivity contribution in [3.63, 3.8) is 0 Å². The number of hydrogen-bond donors (Lipinski definition) is 2. The van der Waals surface area contributed by atoms with E-state index < -0.39 is 11.7 Å². The van der Waals surface area contributed by atoms with Crippen molar-refractivity contribution >= 4 is 17.5 Å². The van der Waals surface area contributed by atoms with Crippen molar-refractivity contribution in [2.45, 2.75) is 25.4 Å². The van der Waals surface area contributed by atoms with Gasteiger partial charge < -0.3 is 10.4 Å². The highest BCUT2D eigenvalue weighted by Crippen LogP contribution is 2.24. The second-order valence-corrected chi connectivity index (χ2v) is 4.89. The van der Waals surface area contributed by atoms with Crippen molar-refractivity contribution in [2.24, 2.45) is 5.92 Å². The molecule has 2 N–H and O–H groups in total. The lowest BCUT2D eigenvalue weighted by Crippen LogP contribution is -2.29. The molecule has 6 heteroatoms. The van der Waals surface area contributed by atoms with Crippen LogP contribution in [0.2, 0.25) is 5.15 Å². The molecule has 2 atom stereocenters. The molecular formula is C12H14ClFN2O2. The van der Waals surface area contributed by atoms with Gasteiger partial charge in [0, 0.05) is 6.54 Å². The smallest absolute Gasteiger partial charge is 0.254 e. The summed E-state index contributed by atoms with van der Waals surface area (Å²) in [5, 5.41) is 12.0. The molecule has 4 nitrogen and oxygen atoms in total. The van der Waals surface area contributed by atoms with Gasteiger partial charge in [0.1, 0.15) is 11.0 Å². The van der Waals surface area contributed by atoms with Crippen LogP contribution in [-0.4, -0.2) is 28.6 Å². The highest BCUT2D eigenvalue weighted by molar-refractivity contribution is 6.32. The van der Waals surface area contributed by atoms with Gasteiger partial charge in [-0.15, -0.1) is 0 Å². The SMILES string of the molecule is O=C(NCC1CCC(O)C1)c1cc(F)cnc1Cl. The zero-order valence-electron chi connectivity index (χ0n) is 9.70. The molecule has 0 aliphatic heterocycles. The summed E-state index contributed by atoms with van der Waals surface area (Å²) in [5.74, 6) is -0.765. The molecule has 1 aliphatic carbocycles. The van der Waals surface area contributed by atoms with E-state index in [1.807, 2.05) is 0 Å². The molecule has 1 saturated carbocycles. The maximum Gasteiger partial charge on any atom is 0.254 e. The number of carbonyl (C=O) groups excluding carboxylic acids is 1. The fourth-order valence-corrected chi connectivity index (χ4v) is 2.34. The first kappa shape index (κ1) is 13.2. The number of aromatic nitrogens is 1. The zero-order chi connectivity index (χ0) is 13.1. The zero-order valence-corrected chi connectivity index (χ0v) is 10.5. The van der Waals surface area contributed by atoms with E-state index in [0.29, 0.717) is 13.0 Å². The van der Waals surface area contributed by atoms with Gasteiger partial charge in [-0.05, 0) is 31.2 Å². The fraction of sp³-hybridized carbons (Fsp3) is 0.500. The molecule has 1 amide bonds. The summed E-state index contributed by atoms with van der Waals surface area (Å²) in [5.41, 5.74) is 0.0372. The number of amides is 1. The van der Waals surface area contributed by atoms with Crippen molar-refractivity contribution in [2.75, 3.05) is 6.54 Å². The monoisotopic (exact) mass is 272 g/mol. The quantitative estimate of drug-likeness (QED) is 0.825. The Morgan fingerprint density at radius 2 is 2.39 bits per heavy atom. The van der Waals surface area contributed by atoms with E-state index in [9.17, 15) is 14.3 Å². The minimum absolute atomic E-state index is 0.0136. The van der Waals surface area contributed by atoms with Crippen LogP contribution in [-0.2, 0) is 0 Å².